The molecule has 0 unspecified atom stereocenters. The summed E-state index contributed by atoms with van der Waals surface area (Å²) in [7, 11) is 1.49. The molecule has 154 valence electrons. The van der Waals surface area contributed by atoms with E-state index in [1.54, 1.807) is 6.92 Å². The zero-order valence-electron chi connectivity index (χ0n) is 15.6. The van der Waals surface area contributed by atoms with Gasteiger partial charge in [0.25, 0.3) is 5.56 Å². The van der Waals surface area contributed by atoms with E-state index < -0.39 is 22.8 Å². The Morgan fingerprint density at radius 3 is 2.38 bits per heavy atom. The average molecular weight is 444 g/mol. The molecular weight excluding hydrogens is 427 g/mol. The van der Waals surface area contributed by atoms with Crippen LogP contribution in [-0.4, -0.2) is 34.7 Å². The number of pyridine rings is 1. The monoisotopic (exact) mass is 443 g/mol. The molecule has 6 nitrogen and oxygen atoms in total. The number of benzene rings is 1. The second-order valence-corrected chi connectivity index (χ2v) is 6.83. The van der Waals surface area contributed by atoms with Crippen LogP contribution < -0.4 is 10.3 Å². The van der Waals surface area contributed by atoms with Gasteiger partial charge >= 0.3 is 0 Å². The van der Waals surface area contributed by atoms with E-state index in [0.29, 0.717) is 5.02 Å². The molecule has 0 aliphatic heterocycles. The molecule has 1 aromatic carbocycles. The van der Waals surface area contributed by atoms with Crippen molar-refractivity contribution in [2.75, 3.05) is 20.3 Å². The first-order chi connectivity index (χ1) is 13.9. The van der Waals surface area contributed by atoms with Crippen LogP contribution >= 0.6 is 23.2 Å². The molecule has 0 saturated carbocycles. The molecule has 10 heteroatoms. The van der Waals surface area contributed by atoms with E-state index in [4.69, 9.17) is 32.7 Å². The van der Waals surface area contributed by atoms with Gasteiger partial charge in [-0.25, -0.2) is 13.5 Å². The van der Waals surface area contributed by atoms with Gasteiger partial charge in [-0.1, -0.05) is 23.2 Å². The van der Waals surface area contributed by atoms with Gasteiger partial charge in [0.05, 0.1) is 34.8 Å². The molecule has 2 heterocycles. The van der Waals surface area contributed by atoms with Gasteiger partial charge in [0.1, 0.15) is 29.0 Å². The Morgan fingerprint density at radius 1 is 1.14 bits per heavy atom. The summed E-state index contributed by atoms with van der Waals surface area (Å²) in [5, 5.41) is 4.27. The Hall–Kier alpha value is -2.42. The third-order valence-corrected chi connectivity index (χ3v) is 4.61. The van der Waals surface area contributed by atoms with Crippen LogP contribution in [-0.2, 0) is 11.3 Å². The van der Waals surface area contributed by atoms with Crippen LogP contribution in [0, 0.1) is 11.6 Å². The summed E-state index contributed by atoms with van der Waals surface area (Å²) in [6.45, 7) is 2.19. The van der Waals surface area contributed by atoms with Crippen LogP contribution in [0.2, 0.25) is 10.0 Å². The van der Waals surface area contributed by atoms with Gasteiger partial charge in [0, 0.05) is 32.0 Å². The van der Waals surface area contributed by atoms with E-state index in [0.717, 1.165) is 12.1 Å². The third kappa shape index (κ3) is 4.29. The first-order valence-corrected chi connectivity index (χ1v) is 9.38. The van der Waals surface area contributed by atoms with Gasteiger partial charge < -0.3 is 14.0 Å². The standard InChI is InChI=1S/C19H17Cl2F2N3O3/c1-3-25-18(16(8-13(21)19(25)27)26-10-11(20)9-24-26)17-14(22)6-12(7-15(17)23)29-5-4-28-2/h6-10H,3-5H2,1-2H3. The first-order valence-electron chi connectivity index (χ1n) is 8.62. The van der Waals surface area contributed by atoms with Gasteiger partial charge in [0.2, 0.25) is 0 Å². The van der Waals surface area contributed by atoms with Crippen LogP contribution in [0.5, 0.6) is 5.75 Å². The Kier molecular flexibility index (Phi) is 6.56. The molecule has 29 heavy (non-hydrogen) atoms. The lowest BCUT2D eigenvalue weighted by Gasteiger charge is -2.18. The Bertz CT molecular complexity index is 1080. The van der Waals surface area contributed by atoms with E-state index in [2.05, 4.69) is 5.10 Å². The Labute approximate surface area is 175 Å². The summed E-state index contributed by atoms with van der Waals surface area (Å²) in [6, 6.07) is 3.40. The fraction of sp³-hybridized carbons (Fsp3) is 0.263. The van der Waals surface area contributed by atoms with Gasteiger partial charge in [-0.05, 0) is 13.0 Å². The summed E-state index contributed by atoms with van der Waals surface area (Å²) in [6.07, 6.45) is 2.80. The predicted octanol–water partition coefficient (Wildman–Crippen LogP) is 4.33. The Balaban J connectivity index is 2.25. The van der Waals surface area contributed by atoms with Crippen LogP contribution in [0.15, 0.2) is 35.4 Å². The van der Waals surface area contributed by atoms with Crippen molar-refractivity contribution in [3.8, 4) is 22.7 Å². The summed E-state index contributed by atoms with van der Waals surface area (Å²) in [5.74, 6) is -1.80. The second-order valence-electron chi connectivity index (χ2n) is 5.98. The van der Waals surface area contributed by atoms with Crippen molar-refractivity contribution in [3.63, 3.8) is 0 Å². The van der Waals surface area contributed by atoms with Crippen LogP contribution in [0.25, 0.3) is 16.9 Å². The summed E-state index contributed by atoms with van der Waals surface area (Å²) in [4.78, 5) is 12.5. The number of hydrogen-bond donors (Lipinski definition) is 0. The molecule has 0 fully saturated rings. The summed E-state index contributed by atoms with van der Waals surface area (Å²) in [5.41, 5.74) is -0.791. The fourth-order valence-corrected chi connectivity index (χ4v) is 3.23. The number of ether oxygens (including phenoxy) is 2. The second kappa shape index (κ2) is 8.94. The molecule has 0 bridgehead atoms. The maximum Gasteiger partial charge on any atom is 0.269 e. The zero-order valence-corrected chi connectivity index (χ0v) is 17.1. The lowest BCUT2D eigenvalue weighted by Crippen LogP contribution is -2.24. The number of nitrogens with zero attached hydrogens (tertiary/aromatic N) is 3. The fourth-order valence-electron chi connectivity index (χ4n) is 2.89. The number of rotatable bonds is 7. The molecule has 3 aromatic rings. The van der Waals surface area contributed by atoms with Crippen molar-refractivity contribution >= 4 is 23.2 Å². The van der Waals surface area contributed by atoms with Crippen molar-refractivity contribution in [2.45, 2.75) is 13.5 Å². The maximum absolute atomic E-state index is 15.0. The molecule has 2 aromatic heterocycles. The quantitative estimate of drug-likeness (QED) is 0.509. The van der Waals surface area contributed by atoms with Gasteiger partial charge in [-0.3, -0.25) is 4.79 Å². The summed E-state index contributed by atoms with van der Waals surface area (Å²) >= 11 is 12.0. The molecule has 0 aliphatic rings. The van der Waals surface area contributed by atoms with Gasteiger partial charge in [-0.2, -0.15) is 5.10 Å². The zero-order chi connectivity index (χ0) is 21.1. The van der Waals surface area contributed by atoms with Crippen LogP contribution in [0.1, 0.15) is 6.92 Å². The molecule has 0 N–H and O–H groups in total. The van der Waals surface area contributed by atoms with Crippen molar-refractivity contribution in [2.24, 2.45) is 0 Å². The normalized spacial score (nSPS) is 11.1. The SMILES string of the molecule is CCn1c(-c2c(F)cc(OCCOC)cc2F)c(-n2cc(Cl)cn2)cc(Cl)c1=O. The highest BCUT2D eigenvalue weighted by Crippen LogP contribution is 2.34. The van der Waals surface area contributed by atoms with E-state index in [1.165, 1.54) is 34.8 Å². The molecule has 0 atom stereocenters. The highest BCUT2D eigenvalue weighted by atomic mass is 35.5. The van der Waals surface area contributed by atoms with Crippen molar-refractivity contribution in [3.05, 3.63) is 62.6 Å². The molecule has 0 spiro atoms. The molecular formula is C19H17Cl2F2N3O3. The van der Waals surface area contributed by atoms with E-state index in [1.807, 2.05) is 0 Å². The smallest absolute Gasteiger partial charge is 0.269 e. The Morgan fingerprint density at radius 2 is 1.83 bits per heavy atom. The highest BCUT2D eigenvalue weighted by Gasteiger charge is 2.24. The van der Waals surface area contributed by atoms with Crippen LogP contribution in [0.3, 0.4) is 0 Å². The van der Waals surface area contributed by atoms with Crippen molar-refractivity contribution < 1.29 is 18.3 Å². The molecule has 0 radical (unpaired) electrons. The topological polar surface area (TPSA) is 58.3 Å². The molecule has 0 aliphatic carbocycles. The highest BCUT2D eigenvalue weighted by molar-refractivity contribution is 6.31. The van der Waals surface area contributed by atoms with Gasteiger partial charge in [-0.15, -0.1) is 0 Å². The minimum atomic E-state index is -0.902. The summed E-state index contributed by atoms with van der Waals surface area (Å²) < 4.78 is 42.6. The van der Waals surface area contributed by atoms with E-state index >= 15 is 8.78 Å². The van der Waals surface area contributed by atoms with E-state index in [9.17, 15) is 4.79 Å². The van der Waals surface area contributed by atoms with Crippen molar-refractivity contribution in [1.29, 1.82) is 0 Å². The number of halogens is 4. The third-order valence-electron chi connectivity index (χ3n) is 4.15. The van der Waals surface area contributed by atoms with Gasteiger partial charge in [0.15, 0.2) is 0 Å². The molecule has 0 amide bonds. The lowest BCUT2D eigenvalue weighted by molar-refractivity contribution is 0.146. The predicted molar refractivity (Wildman–Crippen MR) is 106 cm³/mol. The minimum absolute atomic E-state index is 0.00356. The minimum Gasteiger partial charge on any atom is -0.491 e. The average Bonchev–Trinajstić information content (AvgIpc) is 3.10. The number of aromatic nitrogens is 3. The lowest BCUT2D eigenvalue weighted by atomic mass is 10.1. The van der Waals surface area contributed by atoms with E-state index in [-0.39, 0.29) is 41.9 Å². The van der Waals surface area contributed by atoms with Crippen molar-refractivity contribution in [1.82, 2.24) is 14.3 Å². The maximum atomic E-state index is 15.0. The molecule has 3 rings (SSSR count). The number of methoxy groups -OCH3 is 1. The molecule has 0 saturated heterocycles. The number of hydrogen-bond acceptors (Lipinski definition) is 4. The first kappa shape index (κ1) is 21.3. The van der Waals surface area contributed by atoms with Crippen LogP contribution in [0.4, 0.5) is 8.78 Å². The largest absolute Gasteiger partial charge is 0.491 e.